The van der Waals surface area contributed by atoms with Gasteiger partial charge in [-0.05, 0) is 12.8 Å². The van der Waals surface area contributed by atoms with Crippen LogP contribution in [0.4, 0.5) is 0 Å². The van der Waals surface area contributed by atoms with Gasteiger partial charge in [0, 0.05) is 6.42 Å². The summed E-state index contributed by atoms with van der Waals surface area (Å²) in [5, 5.41) is 22.8. The molecule has 0 saturated carbocycles. The molecule has 53 heavy (non-hydrogen) atoms. The van der Waals surface area contributed by atoms with E-state index >= 15 is 0 Å². The Balaban J connectivity index is 4.39. The van der Waals surface area contributed by atoms with E-state index in [-0.39, 0.29) is 25.2 Å². The number of hydrogen-bond acceptors (Lipinski definition) is 6. The Kier molecular flexibility index (Phi) is 36.8. The molecule has 0 unspecified atom stereocenters. The van der Waals surface area contributed by atoms with Crippen LogP contribution < -0.4 is 10.2 Å². The van der Waals surface area contributed by atoms with Crippen molar-refractivity contribution in [2.24, 2.45) is 0 Å². The fourth-order valence-electron chi connectivity index (χ4n) is 7.42. The van der Waals surface area contributed by atoms with Gasteiger partial charge in [0.1, 0.15) is 0 Å². The van der Waals surface area contributed by atoms with Gasteiger partial charge in [-0.15, -0.1) is 0 Å². The highest BCUT2D eigenvalue weighted by molar-refractivity contribution is 5.70. The van der Waals surface area contributed by atoms with Crippen molar-refractivity contribution in [2.45, 2.75) is 200 Å². The molecule has 0 rings (SSSR count). The van der Waals surface area contributed by atoms with Crippen LogP contribution >= 0.6 is 0 Å². The van der Waals surface area contributed by atoms with Gasteiger partial charge < -0.3 is 28.7 Å². The lowest BCUT2D eigenvalue weighted by Gasteiger charge is -2.39. The standard InChI is InChI=1S/C45H90N2O6/c1-5-7-9-11-13-15-17-19-21-23-25-27-29-42-52-44(50)32-36-46(3,34-31-35-47(4,38-40-48)39-41-49)37-33-45(51)53-43-30-28-26-24-22-20-18-16-14-12-10-8-6-2/h5-43H2,1-4H3. The Morgan fingerprint density at radius 2 is 0.642 bits per heavy atom. The molecule has 0 aromatic heterocycles. The van der Waals surface area contributed by atoms with E-state index in [9.17, 15) is 19.8 Å². The molecular formula is C45H90N2O6. The van der Waals surface area contributed by atoms with Gasteiger partial charge in [-0.25, -0.2) is 0 Å². The Hall–Kier alpha value is -1.22. The average molecular weight is 755 g/mol. The highest BCUT2D eigenvalue weighted by Gasteiger charge is 2.27. The summed E-state index contributed by atoms with van der Waals surface area (Å²) in [6.07, 6.45) is 34.9. The Labute approximate surface area is 329 Å². The van der Waals surface area contributed by atoms with Crippen molar-refractivity contribution in [1.82, 2.24) is 0 Å². The van der Waals surface area contributed by atoms with Crippen molar-refractivity contribution in [3.63, 3.8) is 0 Å². The summed E-state index contributed by atoms with van der Waals surface area (Å²) in [6.45, 7) is 8.69. The van der Waals surface area contributed by atoms with Crippen molar-refractivity contribution < 1.29 is 38.2 Å². The van der Waals surface area contributed by atoms with E-state index in [1.165, 1.54) is 141 Å². The van der Waals surface area contributed by atoms with Gasteiger partial charge in [0.2, 0.25) is 0 Å². The van der Waals surface area contributed by atoms with Crippen LogP contribution in [0.25, 0.3) is 0 Å². The number of carbonyl (C=O) groups is 2. The van der Waals surface area contributed by atoms with E-state index < -0.39 is 0 Å². The minimum atomic E-state index is -0.196. The van der Waals surface area contributed by atoms with E-state index in [1.807, 2.05) is 7.05 Å². The van der Waals surface area contributed by atoms with Crippen molar-refractivity contribution in [2.75, 3.05) is 79.8 Å². The Bertz CT molecular complexity index is 756. The molecule has 0 aliphatic carbocycles. The van der Waals surface area contributed by atoms with Gasteiger partial charge in [0.15, 0.2) is 0 Å². The van der Waals surface area contributed by atoms with E-state index in [2.05, 4.69) is 20.9 Å². The Morgan fingerprint density at radius 1 is 0.377 bits per heavy atom. The number of ether oxygens (including phenoxy) is 2. The van der Waals surface area contributed by atoms with E-state index in [1.54, 1.807) is 0 Å². The first-order valence-corrected chi connectivity index (χ1v) is 22.9. The molecule has 0 aliphatic rings. The van der Waals surface area contributed by atoms with Crippen LogP contribution in [0, 0.1) is 0 Å². The molecule has 0 saturated heterocycles. The number of esters is 2. The van der Waals surface area contributed by atoms with Crippen LogP contribution in [0.1, 0.15) is 200 Å². The van der Waals surface area contributed by atoms with Crippen molar-refractivity contribution in [3.8, 4) is 0 Å². The third kappa shape index (κ3) is 35.0. The first-order chi connectivity index (χ1) is 25.7. The number of unbranched alkanes of at least 4 members (excludes halogenated alkanes) is 24. The minimum Gasteiger partial charge on any atom is -0.850 e. The van der Waals surface area contributed by atoms with Crippen molar-refractivity contribution in [1.29, 1.82) is 0 Å². The van der Waals surface area contributed by atoms with Crippen LogP contribution in [0.2, 0.25) is 0 Å². The molecule has 0 amide bonds. The molecule has 0 aromatic carbocycles. The average Bonchev–Trinajstić information content (AvgIpc) is 3.13. The van der Waals surface area contributed by atoms with Gasteiger partial charge >= 0.3 is 11.9 Å². The van der Waals surface area contributed by atoms with E-state index in [0.717, 1.165) is 45.2 Å². The largest absolute Gasteiger partial charge is 0.850 e. The van der Waals surface area contributed by atoms with Crippen molar-refractivity contribution >= 4 is 11.9 Å². The van der Waals surface area contributed by atoms with Crippen LogP contribution in [0.3, 0.4) is 0 Å². The SMILES string of the molecule is CCCCCCCCCCCCCCCOC(=O)CC[N+](C)(CCC[N+](C)(CC[O-])CC[O-])CCC(=O)OCCCCCCCCCCCCCCC. The molecule has 8 heteroatoms. The second-order valence-corrected chi connectivity index (χ2v) is 16.8. The lowest BCUT2D eigenvalue weighted by molar-refractivity contribution is -0.932. The number of nitrogens with zero attached hydrogens (tertiary/aromatic N) is 2. The smallest absolute Gasteiger partial charge is 0.311 e. The van der Waals surface area contributed by atoms with Gasteiger partial charge in [-0.1, -0.05) is 181 Å². The molecule has 0 aromatic rings. The van der Waals surface area contributed by atoms with Gasteiger partial charge in [0.25, 0.3) is 0 Å². The second kappa shape index (κ2) is 37.7. The zero-order chi connectivity index (χ0) is 39.1. The van der Waals surface area contributed by atoms with Crippen molar-refractivity contribution in [3.05, 3.63) is 0 Å². The zero-order valence-corrected chi connectivity index (χ0v) is 35.9. The summed E-state index contributed by atoms with van der Waals surface area (Å²) >= 11 is 0. The molecule has 0 radical (unpaired) electrons. The molecule has 316 valence electrons. The van der Waals surface area contributed by atoms with Crippen LogP contribution in [-0.2, 0) is 19.1 Å². The number of carbonyl (C=O) groups excluding carboxylic acids is 2. The number of likely N-dealkylation sites (N-methyl/N-ethyl adjacent to an activating group) is 1. The lowest BCUT2D eigenvalue weighted by Crippen LogP contribution is -2.54. The molecule has 8 nitrogen and oxygen atoms in total. The number of rotatable bonds is 42. The number of hydrogen-bond donors (Lipinski definition) is 0. The fraction of sp³-hybridized carbons (Fsp3) is 0.956. The summed E-state index contributed by atoms with van der Waals surface area (Å²) in [4.78, 5) is 25.4. The first kappa shape index (κ1) is 51.8. The van der Waals surface area contributed by atoms with Gasteiger partial charge in [-0.3, -0.25) is 9.59 Å². The third-order valence-corrected chi connectivity index (χ3v) is 11.4. The molecule has 0 fully saturated rings. The molecule has 0 atom stereocenters. The summed E-state index contributed by atoms with van der Waals surface area (Å²) < 4.78 is 12.3. The quantitative estimate of drug-likeness (QED) is 0.0351. The summed E-state index contributed by atoms with van der Waals surface area (Å²) in [5.74, 6) is -0.340. The first-order valence-electron chi connectivity index (χ1n) is 22.9. The van der Waals surface area contributed by atoms with E-state index in [4.69, 9.17) is 9.47 Å². The summed E-state index contributed by atoms with van der Waals surface area (Å²) in [6, 6.07) is 0. The fourth-order valence-corrected chi connectivity index (χ4v) is 7.42. The normalized spacial score (nSPS) is 12.0. The molecule has 0 N–H and O–H groups in total. The molecular weight excluding hydrogens is 665 g/mol. The minimum absolute atomic E-state index is 0.170. The predicted octanol–water partition coefficient (Wildman–Crippen LogP) is 9.04. The van der Waals surface area contributed by atoms with Gasteiger partial charge in [0.05, 0.1) is 79.4 Å². The summed E-state index contributed by atoms with van der Waals surface area (Å²) in [5.41, 5.74) is 0. The molecule has 0 heterocycles. The maximum absolute atomic E-state index is 12.7. The highest BCUT2D eigenvalue weighted by Crippen LogP contribution is 2.15. The number of quaternary nitrogens is 2. The van der Waals surface area contributed by atoms with Crippen LogP contribution in [0.5, 0.6) is 0 Å². The van der Waals surface area contributed by atoms with Crippen LogP contribution in [-0.4, -0.2) is 101 Å². The topological polar surface area (TPSA) is 98.7 Å². The zero-order valence-electron chi connectivity index (χ0n) is 35.9. The van der Waals surface area contributed by atoms with Crippen LogP contribution in [0.15, 0.2) is 0 Å². The maximum atomic E-state index is 12.7. The monoisotopic (exact) mass is 755 g/mol. The second-order valence-electron chi connectivity index (χ2n) is 16.8. The lowest BCUT2D eigenvalue weighted by atomic mass is 10.0. The van der Waals surface area contributed by atoms with E-state index in [0.29, 0.717) is 61.2 Å². The van der Waals surface area contributed by atoms with Gasteiger partial charge in [-0.2, -0.15) is 0 Å². The summed E-state index contributed by atoms with van der Waals surface area (Å²) in [7, 11) is 4.09. The molecule has 0 spiro atoms. The highest BCUT2D eigenvalue weighted by atomic mass is 16.5. The third-order valence-electron chi connectivity index (χ3n) is 11.4. The predicted molar refractivity (Wildman–Crippen MR) is 218 cm³/mol. The maximum Gasteiger partial charge on any atom is 0.311 e. The Morgan fingerprint density at radius 3 is 0.925 bits per heavy atom. The molecule has 0 aliphatic heterocycles. The molecule has 0 bridgehead atoms.